The quantitative estimate of drug-likeness (QED) is 0.778. The van der Waals surface area contributed by atoms with E-state index in [-0.39, 0.29) is 17.8 Å². The Morgan fingerprint density at radius 1 is 1.28 bits per heavy atom. The molecule has 0 bridgehead atoms. The molecule has 0 saturated heterocycles. The van der Waals surface area contributed by atoms with Gasteiger partial charge in [-0.1, -0.05) is 30.3 Å². The number of rotatable bonds is 3. The van der Waals surface area contributed by atoms with Crippen molar-refractivity contribution in [2.75, 3.05) is 6.61 Å². The lowest BCUT2D eigenvalue weighted by Gasteiger charge is -2.02. The molecule has 0 amide bonds. The van der Waals surface area contributed by atoms with Crippen molar-refractivity contribution >= 4 is 5.97 Å². The predicted molar refractivity (Wildman–Crippen MR) is 66.4 cm³/mol. The summed E-state index contributed by atoms with van der Waals surface area (Å²) in [5, 5.41) is 0. The van der Waals surface area contributed by atoms with Gasteiger partial charge in [0.15, 0.2) is 5.43 Å². The Morgan fingerprint density at radius 3 is 2.61 bits per heavy atom. The second-order valence-electron chi connectivity index (χ2n) is 3.61. The smallest absolute Gasteiger partial charge is 0.374 e. The molecule has 92 valence electrons. The van der Waals surface area contributed by atoms with Crippen LogP contribution in [0.15, 0.2) is 51.9 Å². The van der Waals surface area contributed by atoms with E-state index < -0.39 is 5.97 Å². The first kappa shape index (κ1) is 12.1. The van der Waals surface area contributed by atoms with Gasteiger partial charge >= 0.3 is 5.97 Å². The molecule has 0 aliphatic carbocycles. The van der Waals surface area contributed by atoms with Gasteiger partial charge in [0, 0.05) is 6.07 Å². The van der Waals surface area contributed by atoms with Crippen molar-refractivity contribution < 1.29 is 13.9 Å². The van der Waals surface area contributed by atoms with E-state index in [0.717, 1.165) is 11.6 Å². The second kappa shape index (κ2) is 5.31. The molecule has 0 radical (unpaired) electrons. The van der Waals surface area contributed by atoms with Gasteiger partial charge in [-0.15, -0.1) is 0 Å². The Kier molecular flexibility index (Phi) is 3.57. The fraction of sp³-hybridized carbons (Fsp3) is 0.143. The lowest BCUT2D eigenvalue weighted by atomic mass is 10.1. The molecule has 0 unspecified atom stereocenters. The molecule has 1 aromatic heterocycles. The van der Waals surface area contributed by atoms with Crippen LogP contribution >= 0.6 is 0 Å². The Hall–Kier alpha value is -2.36. The highest BCUT2D eigenvalue weighted by Crippen LogP contribution is 2.15. The van der Waals surface area contributed by atoms with E-state index in [4.69, 9.17) is 9.15 Å². The summed E-state index contributed by atoms with van der Waals surface area (Å²) in [7, 11) is 0. The molecule has 1 aromatic carbocycles. The average molecular weight is 244 g/mol. The topological polar surface area (TPSA) is 56.5 Å². The Bertz CT molecular complexity index is 599. The van der Waals surface area contributed by atoms with Crippen LogP contribution in [0.3, 0.4) is 0 Å². The SMILES string of the molecule is CCOC(=O)c1cc(=O)c(-c2ccccc2)co1. The van der Waals surface area contributed by atoms with Crippen LogP contribution in [0.25, 0.3) is 11.1 Å². The highest BCUT2D eigenvalue weighted by Gasteiger charge is 2.12. The maximum atomic E-state index is 11.9. The summed E-state index contributed by atoms with van der Waals surface area (Å²) in [6.45, 7) is 1.93. The minimum absolute atomic E-state index is 0.0819. The van der Waals surface area contributed by atoms with Crippen LogP contribution in [0.5, 0.6) is 0 Å². The van der Waals surface area contributed by atoms with Gasteiger partial charge < -0.3 is 9.15 Å². The van der Waals surface area contributed by atoms with Gasteiger partial charge in [-0.25, -0.2) is 4.79 Å². The van der Waals surface area contributed by atoms with Crippen LogP contribution in [0.1, 0.15) is 17.5 Å². The van der Waals surface area contributed by atoms with Gasteiger partial charge in [0.1, 0.15) is 6.26 Å². The molecular formula is C14H12O4. The van der Waals surface area contributed by atoms with Crippen LogP contribution in [-0.2, 0) is 4.74 Å². The van der Waals surface area contributed by atoms with Gasteiger partial charge in [0.05, 0.1) is 12.2 Å². The number of benzene rings is 1. The monoisotopic (exact) mass is 244 g/mol. The van der Waals surface area contributed by atoms with Crippen molar-refractivity contribution in [3.05, 3.63) is 58.6 Å². The molecule has 0 aliphatic rings. The van der Waals surface area contributed by atoms with Crippen molar-refractivity contribution in [1.29, 1.82) is 0 Å². The zero-order chi connectivity index (χ0) is 13.0. The van der Waals surface area contributed by atoms with Gasteiger partial charge in [-0.05, 0) is 12.5 Å². The van der Waals surface area contributed by atoms with Gasteiger partial charge in [-0.3, -0.25) is 4.79 Å². The zero-order valence-electron chi connectivity index (χ0n) is 9.88. The van der Waals surface area contributed by atoms with Crippen LogP contribution in [-0.4, -0.2) is 12.6 Å². The molecule has 0 saturated carbocycles. The van der Waals surface area contributed by atoms with E-state index in [1.165, 1.54) is 6.26 Å². The van der Waals surface area contributed by atoms with Gasteiger partial charge in [0.25, 0.3) is 0 Å². The third-order valence-corrected chi connectivity index (χ3v) is 2.39. The number of carbonyl (C=O) groups is 1. The maximum Gasteiger partial charge on any atom is 0.374 e. The minimum atomic E-state index is -0.630. The Labute approximate surface area is 104 Å². The predicted octanol–water partition coefficient (Wildman–Crippen LogP) is 2.48. The molecule has 18 heavy (non-hydrogen) atoms. The van der Waals surface area contributed by atoms with E-state index in [1.54, 1.807) is 19.1 Å². The summed E-state index contributed by atoms with van der Waals surface area (Å²) in [5.74, 6) is -0.712. The molecule has 1 heterocycles. The highest BCUT2D eigenvalue weighted by molar-refractivity contribution is 5.86. The summed E-state index contributed by atoms with van der Waals surface area (Å²) in [4.78, 5) is 23.3. The third-order valence-electron chi connectivity index (χ3n) is 2.39. The molecular weight excluding hydrogens is 232 g/mol. The summed E-state index contributed by atoms with van der Waals surface area (Å²) in [5.41, 5.74) is 0.904. The summed E-state index contributed by atoms with van der Waals surface area (Å²) < 4.78 is 9.89. The molecule has 0 spiro atoms. The van der Waals surface area contributed by atoms with Gasteiger partial charge in [-0.2, -0.15) is 0 Å². The molecule has 4 nitrogen and oxygen atoms in total. The second-order valence-corrected chi connectivity index (χ2v) is 3.61. The van der Waals surface area contributed by atoms with E-state index in [1.807, 2.05) is 18.2 Å². The fourth-order valence-corrected chi connectivity index (χ4v) is 1.55. The number of carbonyl (C=O) groups excluding carboxylic acids is 1. The third kappa shape index (κ3) is 2.48. The zero-order valence-corrected chi connectivity index (χ0v) is 9.88. The van der Waals surface area contributed by atoms with Crippen LogP contribution in [0.4, 0.5) is 0 Å². The van der Waals surface area contributed by atoms with Crippen LogP contribution < -0.4 is 5.43 Å². The molecule has 0 aliphatic heterocycles. The maximum absolute atomic E-state index is 11.9. The first-order valence-corrected chi connectivity index (χ1v) is 5.57. The normalized spacial score (nSPS) is 10.1. The van der Waals surface area contributed by atoms with Crippen LogP contribution in [0.2, 0.25) is 0 Å². The summed E-state index contributed by atoms with van der Waals surface area (Å²) in [6.07, 6.45) is 1.28. The number of hydrogen-bond donors (Lipinski definition) is 0. The van der Waals surface area contributed by atoms with E-state index in [0.29, 0.717) is 5.56 Å². The van der Waals surface area contributed by atoms with Crippen molar-refractivity contribution in [2.24, 2.45) is 0 Å². The molecule has 0 fully saturated rings. The lowest BCUT2D eigenvalue weighted by molar-refractivity contribution is 0.0487. The fourth-order valence-electron chi connectivity index (χ4n) is 1.55. The van der Waals surface area contributed by atoms with Crippen LogP contribution in [0, 0.1) is 0 Å². The molecule has 2 rings (SSSR count). The van der Waals surface area contributed by atoms with Crippen molar-refractivity contribution in [2.45, 2.75) is 6.92 Å². The van der Waals surface area contributed by atoms with Crippen molar-refractivity contribution in [3.63, 3.8) is 0 Å². The molecule has 2 aromatic rings. The lowest BCUT2D eigenvalue weighted by Crippen LogP contribution is -2.10. The molecule has 0 N–H and O–H groups in total. The van der Waals surface area contributed by atoms with Gasteiger partial charge in [0.2, 0.25) is 5.76 Å². The van der Waals surface area contributed by atoms with E-state index in [9.17, 15) is 9.59 Å². The molecule has 4 heteroatoms. The van der Waals surface area contributed by atoms with Crippen molar-refractivity contribution in [3.8, 4) is 11.1 Å². The number of ether oxygens (including phenoxy) is 1. The van der Waals surface area contributed by atoms with E-state index >= 15 is 0 Å². The van der Waals surface area contributed by atoms with Crippen molar-refractivity contribution in [1.82, 2.24) is 0 Å². The van der Waals surface area contributed by atoms with E-state index in [2.05, 4.69) is 0 Å². The number of hydrogen-bond acceptors (Lipinski definition) is 4. The largest absolute Gasteiger partial charge is 0.460 e. The average Bonchev–Trinajstić information content (AvgIpc) is 2.40. The first-order chi connectivity index (χ1) is 8.72. The minimum Gasteiger partial charge on any atom is -0.460 e. The summed E-state index contributed by atoms with van der Waals surface area (Å²) in [6, 6.07) is 10.3. The standard InChI is InChI=1S/C14H12O4/c1-2-17-14(16)13-8-12(15)11(9-18-13)10-6-4-3-5-7-10/h3-9H,2H2,1H3. The number of esters is 1. The Morgan fingerprint density at radius 2 is 2.00 bits per heavy atom. The molecule has 0 atom stereocenters. The highest BCUT2D eigenvalue weighted by atomic mass is 16.5. The first-order valence-electron chi connectivity index (χ1n) is 5.57. The Balaban J connectivity index is 2.38. The summed E-state index contributed by atoms with van der Waals surface area (Å²) >= 11 is 0.